The van der Waals surface area contributed by atoms with E-state index in [4.69, 9.17) is 4.99 Å². The van der Waals surface area contributed by atoms with Crippen molar-refractivity contribution in [1.29, 1.82) is 0 Å². The Morgan fingerprint density at radius 2 is 2.32 bits per heavy atom. The molecule has 0 radical (unpaired) electrons. The van der Waals surface area contributed by atoms with Gasteiger partial charge in [-0.25, -0.2) is 9.98 Å². The molecule has 0 atom stereocenters. The summed E-state index contributed by atoms with van der Waals surface area (Å²) in [5.74, 6) is 0.716. The van der Waals surface area contributed by atoms with Gasteiger partial charge < -0.3 is 5.32 Å². The molecule has 22 heavy (non-hydrogen) atoms. The third-order valence-corrected chi connectivity index (χ3v) is 3.68. The van der Waals surface area contributed by atoms with E-state index < -0.39 is 0 Å². The van der Waals surface area contributed by atoms with Gasteiger partial charge in [-0.1, -0.05) is 18.7 Å². The fraction of sp³-hybridized carbons (Fsp3) is 0.176. The van der Waals surface area contributed by atoms with Crippen LogP contribution in [0.2, 0.25) is 0 Å². The predicted molar refractivity (Wildman–Crippen MR) is 93.1 cm³/mol. The van der Waals surface area contributed by atoms with Crippen molar-refractivity contribution in [3.05, 3.63) is 53.9 Å². The summed E-state index contributed by atoms with van der Waals surface area (Å²) in [4.78, 5) is 9.10. The smallest absolute Gasteiger partial charge is 0.180 e. The molecule has 1 aromatic carbocycles. The molecule has 0 spiro atoms. The second-order valence-corrected chi connectivity index (χ2v) is 5.14. The van der Waals surface area contributed by atoms with E-state index in [0.29, 0.717) is 5.84 Å². The van der Waals surface area contributed by atoms with E-state index in [1.165, 1.54) is 5.57 Å². The van der Waals surface area contributed by atoms with Crippen molar-refractivity contribution < 1.29 is 0 Å². The maximum Gasteiger partial charge on any atom is 0.180 e. The summed E-state index contributed by atoms with van der Waals surface area (Å²) in [6, 6.07) is 5.98. The minimum atomic E-state index is 0.716. The molecule has 112 valence electrons. The Hall–Kier alpha value is -2.82. The summed E-state index contributed by atoms with van der Waals surface area (Å²) in [6.07, 6.45) is 8.50. The molecule has 1 aromatic rings. The largest absolute Gasteiger partial charge is 0.388 e. The summed E-state index contributed by atoms with van der Waals surface area (Å²) in [7, 11) is 1.89. The average Bonchev–Trinajstić information content (AvgIpc) is 2.55. The number of anilines is 1. The lowest BCUT2D eigenvalue weighted by atomic mass is 10.1. The first-order chi connectivity index (χ1) is 10.7. The molecule has 5 nitrogen and oxygen atoms in total. The lowest BCUT2D eigenvalue weighted by Crippen LogP contribution is -2.40. The Balaban J connectivity index is 2.02. The van der Waals surface area contributed by atoms with E-state index >= 15 is 0 Å². The van der Waals surface area contributed by atoms with Crippen LogP contribution in [0.3, 0.4) is 0 Å². The molecule has 2 aliphatic heterocycles. The highest BCUT2D eigenvalue weighted by Gasteiger charge is 2.21. The molecule has 0 fully saturated rings. The Labute approximate surface area is 130 Å². The molecule has 0 unspecified atom stereocenters. The number of nitrogens with zero attached hydrogens (tertiary/aromatic N) is 3. The van der Waals surface area contributed by atoms with Crippen LogP contribution in [0.4, 0.5) is 11.4 Å². The van der Waals surface area contributed by atoms with Gasteiger partial charge in [-0.2, -0.15) is 0 Å². The summed E-state index contributed by atoms with van der Waals surface area (Å²) < 4.78 is 0. The lowest BCUT2D eigenvalue weighted by Gasteiger charge is -2.30. The molecule has 0 aliphatic carbocycles. The SMILES string of the molecule is C=Cc1cc(N=C2N=CNN3C=CCC(C)=C23)ccc1NC. The van der Waals surface area contributed by atoms with Crippen molar-refractivity contribution >= 4 is 29.6 Å². The average molecular weight is 293 g/mol. The van der Waals surface area contributed by atoms with Gasteiger partial charge in [0.15, 0.2) is 5.84 Å². The number of allylic oxidation sites excluding steroid dienone is 2. The summed E-state index contributed by atoms with van der Waals surface area (Å²) >= 11 is 0. The van der Waals surface area contributed by atoms with Crippen molar-refractivity contribution in [2.24, 2.45) is 9.98 Å². The van der Waals surface area contributed by atoms with Gasteiger partial charge in [-0.3, -0.25) is 10.4 Å². The molecule has 2 aliphatic rings. The number of nitrogens with one attached hydrogen (secondary N) is 2. The standard InChI is InChI=1S/C17H19N5/c1-4-13-10-14(7-8-15(13)18-3)21-17-16-12(2)6-5-9-22(16)20-11-19-17/h4-5,7-11,18H,1,6H2,2-3H3,(H,19,20,21). The number of hydrogen-bond acceptors (Lipinski definition) is 4. The summed E-state index contributed by atoms with van der Waals surface area (Å²) in [5.41, 5.74) is 8.27. The van der Waals surface area contributed by atoms with Crippen LogP contribution >= 0.6 is 0 Å². The van der Waals surface area contributed by atoms with E-state index in [2.05, 4.69) is 35.3 Å². The number of hydrogen-bond donors (Lipinski definition) is 2. The molecule has 0 saturated heterocycles. The Morgan fingerprint density at radius 3 is 3.09 bits per heavy atom. The highest BCUT2D eigenvalue weighted by molar-refractivity contribution is 6.05. The van der Waals surface area contributed by atoms with Crippen LogP contribution in [0, 0.1) is 0 Å². The van der Waals surface area contributed by atoms with Crippen LogP contribution in [0.5, 0.6) is 0 Å². The van der Waals surface area contributed by atoms with Crippen LogP contribution in [0.15, 0.2) is 58.3 Å². The number of amidine groups is 1. The zero-order chi connectivity index (χ0) is 15.5. The van der Waals surface area contributed by atoms with Gasteiger partial charge >= 0.3 is 0 Å². The van der Waals surface area contributed by atoms with E-state index in [-0.39, 0.29) is 0 Å². The maximum atomic E-state index is 4.71. The van der Waals surface area contributed by atoms with Gasteiger partial charge in [0, 0.05) is 18.9 Å². The highest BCUT2D eigenvalue weighted by Crippen LogP contribution is 2.27. The van der Waals surface area contributed by atoms with Crippen molar-refractivity contribution in [1.82, 2.24) is 10.4 Å². The monoisotopic (exact) mass is 293 g/mol. The van der Waals surface area contributed by atoms with E-state index in [1.54, 1.807) is 6.34 Å². The molecule has 0 saturated carbocycles. The lowest BCUT2D eigenvalue weighted by molar-refractivity contribution is 0.424. The Morgan fingerprint density at radius 1 is 1.45 bits per heavy atom. The van der Waals surface area contributed by atoms with Crippen LogP contribution in [0.1, 0.15) is 18.9 Å². The molecule has 5 heteroatoms. The molecule has 0 amide bonds. The van der Waals surface area contributed by atoms with Crippen molar-refractivity contribution in [3.63, 3.8) is 0 Å². The summed E-state index contributed by atoms with van der Waals surface area (Å²) in [6.45, 7) is 5.95. The first-order valence-corrected chi connectivity index (χ1v) is 7.20. The fourth-order valence-corrected chi connectivity index (χ4v) is 2.55. The predicted octanol–water partition coefficient (Wildman–Crippen LogP) is 3.44. The van der Waals surface area contributed by atoms with Crippen LogP contribution in [-0.4, -0.2) is 24.2 Å². The van der Waals surface area contributed by atoms with Crippen molar-refractivity contribution in [2.75, 3.05) is 12.4 Å². The molecule has 0 bridgehead atoms. The molecular formula is C17H19N5. The molecule has 3 rings (SSSR count). The molecule has 2 N–H and O–H groups in total. The van der Waals surface area contributed by atoms with Gasteiger partial charge in [-0.05, 0) is 42.7 Å². The van der Waals surface area contributed by atoms with Gasteiger partial charge in [0.2, 0.25) is 0 Å². The van der Waals surface area contributed by atoms with Crippen LogP contribution < -0.4 is 10.7 Å². The number of rotatable bonds is 3. The zero-order valence-corrected chi connectivity index (χ0v) is 12.8. The number of fused-ring (bicyclic) bond motifs is 1. The second-order valence-electron chi connectivity index (χ2n) is 5.14. The Kier molecular flexibility index (Phi) is 3.78. The first-order valence-electron chi connectivity index (χ1n) is 7.20. The van der Waals surface area contributed by atoms with E-state index in [1.807, 2.05) is 42.5 Å². The van der Waals surface area contributed by atoms with Crippen LogP contribution in [-0.2, 0) is 0 Å². The summed E-state index contributed by atoms with van der Waals surface area (Å²) in [5, 5.41) is 5.09. The normalized spacial score (nSPS) is 18.3. The minimum absolute atomic E-state index is 0.716. The van der Waals surface area contributed by atoms with Gasteiger partial charge in [0.25, 0.3) is 0 Å². The minimum Gasteiger partial charge on any atom is -0.388 e. The first kappa shape index (κ1) is 14.1. The topological polar surface area (TPSA) is 52.0 Å². The van der Waals surface area contributed by atoms with Crippen LogP contribution in [0.25, 0.3) is 6.08 Å². The quantitative estimate of drug-likeness (QED) is 0.897. The van der Waals surface area contributed by atoms with E-state index in [0.717, 1.165) is 29.1 Å². The second kappa shape index (κ2) is 5.89. The molecule has 0 aromatic heterocycles. The van der Waals surface area contributed by atoms with E-state index in [9.17, 15) is 0 Å². The maximum absolute atomic E-state index is 4.71. The molecular weight excluding hydrogens is 274 g/mol. The number of aliphatic imine (C=N–C) groups is 2. The van der Waals surface area contributed by atoms with Gasteiger partial charge in [0.1, 0.15) is 12.0 Å². The molecule has 2 heterocycles. The van der Waals surface area contributed by atoms with Crippen molar-refractivity contribution in [2.45, 2.75) is 13.3 Å². The third-order valence-electron chi connectivity index (χ3n) is 3.68. The number of hydrazine groups is 1. The van der Waals surface area contributed by atoms with Crippen molar-refractivity contribution in [3.8, 4) is 0 Å². The fourth-order valence-electron chi connectivity index (χ4n) is 2.55. The third kappa shape index (κ3) is 2.53. The van der Waals surface area contributed by atoms with Gasteiger partial charge in [-0.15, -0.1) is 0 Å². The highest BCUT2D eigenvalue weighted by atomic mass is 15.5. The zero-order valence-electron chi connectivity index (χ0n) is 12.8. The number of benzene rings is 1. The van der Waals surface area contributed by atoms with Gasteiger partial charge in [0.05, 0.1) is 5.69 Å². The Bertz CT molecular complexity index is 725.